The molecule has 102 valence electrons. The summed E-state index contributed by atoms with van der Waals surface area (Å²) in [5.41, 5.74) is 2.46. The van der Waals surface area contributed by atoms with Gasteiger partial charge < -0.3 is 15.0 Å². The average Bonchev–Trinajstić information content (AvgIpc) is 3.04. The molecule has 5 nitrogen and oxygen atoms in total. The molecule has 2 heterocycles. The van der Waals surface area contributed by atoms with Gasteiger partial charge in [0.1, 0.15) is 10.7 Å². The van der Waals surface area contributed by atoms with Crippen molar-refractivity contribution >= 4 is 17.3 Å². The molecule has 0 spiro atoms. The third-order valence-corrected chi connectivity index (χ3v) is 3.90. The maximum Gasteiger partial charge on any atom is 0.354 e. The highest BCUT2D eigenvalue weighted by molar-refractivity contribution is 7.09. The molecule has 0 aliphatic rings. The minimum Gasteiger partial charge on any atom is -0.464 e. The van der Waals surface area contributed by atoms with E-state index in [4.69, 9.17) is 0 Å². The molecular weight excluding hydrogens is 262 g/mol. The van der Waals surface area contributed by atoms with E-state index in [1.807, 2.05) is 18.4 Å². The molecule has 2 aromatic rings. The van der Waals surface area contributed by atoms with E-state index in [-0.39, 0.29) is 12.0 Å². The fraction of sp³-hybridized carbons (Fsp3) is 0.385. The maximum absolute atomic E-state index is 11.3. The fourth-order valence-corrected chi connectivity index (χ4v) is 2.52. The lowest BCUT2D eigenvalue weighted by Gasteiger charge is -2.09. The van der Waals surface area contributed by atoms with Crippen LogP contribution < -0.4 is 5.32 Å². The second-order valence-corrected chi connectivity index (χ2v) is 5.21. The van der Waals surface area contributed by atoms with Crippen LogP contribution >= 0.6 is 11.3 Å². The summed E-state index contributed by atoms with van der Waals surface area (Å²) in [7, 11) is 1.37. The van der Waals surface area contributed by atoms with Gasteiger partial charge in [-0.15, -0.1) is 11.3 Å². The Labute approximate surface area is 116 Å². The SMILES string of the molecule is COC(=O)c1ccc(CNC(C)c2nc(C)cs2)[nH]1. The van der Waals surface area contributed by atoms with Gasteiger partial charge in [-0.2, -0.15) is 0 Å². The van der Waals surface area contributed by atoms with E-state index in [0.29, 0.717) is 12.2 Å². The number of carbonyl (C=O) groups excluding carboxylic acids is 1. The molecule has 0 aliphatic heterocycles. The van der Waals surface area contributed by atoms with Crippen molar-refractivity contribution in [2.75, 3.05) is 7.11 Å². The molecule has 0 saturated heterocycles. The van der Waals surface area contributed by atoms with E-state index in [1.54, 1.807) is 17.4 Å². The lowest BCUT2D eigenvalue weighted by molar-refractivity contribution is 0.0594. The van der Waals surface area contributed by atoms with Crippen LogP contribution in [0.15, 0.2) is 17.5 Å². The Kier molecular flexibility index (Phi) is 4.34. The summed E-state index contributed by atoms with van der Waals surface area (Å²) < 4.78 is 4.65. The zero-order valence-electron chi connectivity index (χ0n) is 11.2. The smallest absolute Gasteiger partial charge is 0.354 e. The van der Waals surface area contributed by atoms with Crippen LogP contribution in [0.2, 0.25) is 0 Å². The summed E-state index contributed by atoms with van der Waals surface area (Å²) in [5, 5.41) is 6.47. The molecule has 0 amide bonds. The molecule has 0 aliphatic carbocycles. The normalized spacial score (nSPS) is 12.4. The highest BCUT2D eigenvalue weighted by Gasteiger charge is 2.11. The molecule has 0 aromatic carbocycles. The van der Waals surface area contributed by atoms with Crippen molar-refractivity contribution in [3.05, 3.63) is 39.6 Å². The molecular formula is C13H17N3O2S. The Hall–Kier alpha value is -1.66. The van der Waals surface area contributed by atoms with Gasteiger partial charge in [0.15, 0.2) is 0 Å². The molecule has 6 heteroatoms. The van der Waals surface area contributed by atoms with E-state index < -0.39 is 0 Å². The number of methoxy groups -OCH3 is 1. The summed E-state index contributed by atoms with van der Waals surface area (Å²) in [6, 6.07) is 3.78. The first kappa shape index (κ1) is 13.8. The third-order valence-electron chi connectivity index (χ3n) is 2.76. The number of esters is 1. The van der Waals surface area contributed by atoms with Crippen LogP contribution in [0.3, 0.4) is 0 Å². The van der Waals surface area contributed by atoms with Gasteiger partial charge in [0.05, 0.1) is 13.2 Å². The van der Waals surface area contributed by atoms with Crippen molar-refractivity contribution in [2.24, 2.45) is 0 Å². The van der Waals surface area contributed by atoms with Gasteiger partial charge >= 0.3 is 5.97 Å². The Balaban J connectivity index is 1.91. The zero-order valence-corrected chi connectivity index (χ0v) is 12.0. The van der Waals surface area contributed by atoms with Crippen LogP contribution in [0.25, 0.3) is 0 Å². The molecule has 0 bridgehead atoms. The largest absolute Gasteiger partial charge is 0.464 e. The summed E-state index contributed by atoms with van der Waals surface area (Å²) in [6.45, 7) is 4.71. The van der Waals surface area contributed by atoms with E-state index in [9.17, 15) is 4.79 Å². The number of aromatic amines is 1. The van der Waals surface area contributed by atoms with E-state index in [2.05, 4.69) is 26.9 Å². The van der Waals surface area contributed by atoms with E-state index in [0.717, 1.165) is 16.4 Å². The first-order valence-electron chi connectivity index (χ1n) is 6.01. The summed E-state index contributed by atoms with van der Waals surface area (Å²) in [4.78, 5) is 18.8. The number of H-pyrrole nitrogens is 1. The molecule has 1 unspecified atom stereocenters. The molecule has 0 radical (unpaired) electrons. The fourth-order valence-electron chi connectivity index (χ4n) is 1.69. The number of nitrogens with one attached hydrogen (secondary N) is 2. The van der Waals surface area contributed by atoms with Crippen LogP contribution in [0.5, 0.6) is 0 Å². The minimum atomic E-state index is -0.352. The number of hydrogen-bond acceptors (Lipinski definition) is 5. The summed E-state index contributed by atoms with van der Waals surface area (Å²) >= 11 is 1.65. The van der Waals surface area contributed by atoms with Crippen molar-refractivity contribution < 1.29 is 9.53 Å². The Morgan fingerprint density at radius 2 is 2.37 bits per heavy atom. The van der Waals surface area contributed by atoms with Gasteiger partial charge in [-0.1, -0.05) is 0 Å². The first-order chi connectivity index (χ1) is 9.10. The van der Waals surface area contributed by atoms with Crippen molar-refractivity contribution in [3.8, 4) is 0 Å². The molecule has 2 aromatic heterocycles. The quantitative estimate of drug-likeness (QED) is 0.825. The number of aryl methyl sites for hydroxylation is 1. The summed E-state index contributed by atoms with van der Waals surface area (Å²) in [6.07, 6.45) is 0. The van der Waals surface area contributed by atoms with Gasteiger partial charge in [-0.25, -0.2) is 9.78 Å². The van der Waals surface area contributed by atoms with Crippen molar-refractivity contribution in [1.29, 1.82) is 0 Å². The molecule has 1 atom stereocenters. The molecule has 19 heavy (non-hydrogen) atoms. The van der Waals surface area contributed by atoms with E-state index in [1.165, 1.54) is 7.11 Å². The number of hydrogen-bond donors (Lipinski definition) is 2. The lowest BCUT2D eigenvalue weighted by Crippen LogP contribution is -2.18. The van der Waals surface area contributed by atoms with Gasteiger partial charge in [-0.3, -0.25) is 0 Å². The van der Waals surface area contributed by atoms with Gasteiger partial charge in [0, 0.05) is 23.3 Å². The number of carbonyl (C=O) groups is 1. The predicted octanol–water partition coefficient (Wildman–Crippen LogP) is 2.42. The molecule has 2 rings (SSSR count). The van der Waals surface area contributed by atoms with Crippen LogP contribution in [-0.2, 0) is 11.3 Å². The highest BCUT2D eigenvalue weighted by atomic mass is 32.1. The third kappa shape index (κ3) is 3.42. The average molecular weight is 279 g/mol. The van der Waals surface area contributed by atoms with Crippen molar-refractivity contribution in [2.45, 2.75) is 26.4 Å². The van der Waals surface area contributed by atoms with Crippen LogP contribution in [0.4, 0.5) is 0 Å². The number of nitrogens with zero attached hydrogens (tertiary/aromatic N) is 1. The van der Waals surface area contributed by atoms with Gasteiger partial charge in [-0.05, 0) is 26.0 Å². The first-order valence-corrected chi connectivity index (χ1v) is 6.89. The van der Waals surface area contributed by atoms with Crippen molar-refractivity contribution in [1.82, 2.24) is 15.3 Å². The number of ether oxygens (including phenoxy) is 1. The molecule has 0 fully saturated rings. The lowest BCUT2D eigenvalue weighted by atomic mass is 10.3. The highest BCUT2D eigenvalue weighted by Crippen LogP contribution is 2.17. The second-order valence-electron chi connectivity index (χ2n) is 4.32. The van der Waals surface area contributed by atoms with Crippen molar-refractivity contribution in [3.63, 3.8) is 0 Å². The Bertz CT molecular complexity index is 562. The minimum absolute atomic E-state index is 0.184. The topological polar surface area (TPSA) is 67.0 Å². The maximum atomic E-state index is 11.3. The van der Waals surface area contributed by atoms with Crippen LogP contribution in [0.1, 0.15) is 39.8 Å². The number of thiazole rings is 1. The standard InChI is InChI=1S/C13H17N3O2S/c1-8-7-19-12(15-8)9(2)14-6-10-4-5-11(16-10)13(17)18-3/h4-5,7,9,14,16H,6H2,1-3H3. The van der Waals surface area contributed by atoms with Gasteiger partial charge in [0.25, 0.3) is 0 Å². The number of aromatic nitrogens is 2. The predicted molar refractivity (Wildman–Crippen MR) is 74.2 cm³/mol. The number of rotatable bonds is 5. The molecule has 0 saturated carbocycles. The molecule has 2 N–H and O–H groups in total. The Morgan fingerprint density at radius 1 is 1.58 bits per heavy atom. The monoisotopic (exact) mass is 279 g/mol. The zero-order chi connectivity index (χ0) is 13.8. The Morgan fingerprint density at radius 3 is 3.00 bits per heavy atom. The summed E-state index contributed by atoms with van der Waals surface area (Å²) in [5.74, 6) is -0.352. The van der Waals surface area contributed by atoms with Crippen LogP contribution in [0, 0.1) is 6.92 Å². The van der Waals surface area contributed by atoms with E-state index >= 15 is 0 Å². The van der Waals surface area contributed by atoms with Gasteiger partial charge in [0.2, 0.25) is 0 Å². The van der Waals surface area contributed by atoms with Crippen LogP contribution in [-0.4, -0.2) is 23.0 Å². The second kappa shape index (κ2) is 5.99.